The fraction of sp³-hybridized carbons (Fsp3) is 0.455. The lowest BCUT2D eigenvalue weighted by atomic mass is 10.0. The summed E-state index contributed by atoms with van der Waals surface area (Å²) in [5, 5.41) is 13.0. The van der Waals surface area contributed by atoms with Gasteiger partial charge in [0.2, 0.25) is 0 Å². The van der Waals surface area contributed by atoms with E-state index in [1.165, 1.54) is 6.07 Å². The molecule has 1 atom stereocenters. The average molecular weight is 195 g/mol. The Labute approximate surface area is 82.8 Å². The van der Waals surface area contributed by atoms with Crippen molar-refractivity contribution in [2.45, 2.75) is 25.8 Å². The third-order valence-electron chi connectivity index (χ3n) is 2.83. The molecule has 76 valence electrons. The van der Waals surface area contributed by atoms with Crippen molar-refractivity contribution >= 4 is 0 Å². The molecule has 0 aromatic heterocycles. The first kappa shape index (κ1) is 9.46. The molecule has 0 spiro atoms. The molecule has 2 N–H and O–H groups in total. The van der Waals surface area contributed by atoms with E-state index in [2.05, 4.69) is 5.32 Å². The summed E-state index contributed by atoms with van der Waals surface area (Å²) in [7, 11) is 0. The molecule has 14 heavy (non-hydrogen) atoms. The van der Waals surface area contributed by atoms with Crippen molar-refractivity contribution in [3.05, 3.63) is 29.1 Å². The molecule has 1 aliphatic rings. The molecular weight excluding hydrogens is 181 g/mol. The molecule has 0 bridgehead atoms. The molecule has 0 saturated carbocycles. The number of phenols is 1. The predicted molar refractivity (Wildman–Crippen MR) is 52.8 cm³/mol. The fourth-order valence-corrected chi connectivity index (χ4v) is 1.93. The third kappa shape index (κ3) is 1.48. The number of hydrogen-bond donors (Lipinski definition) is 2. The summed E-state index contributed by atoms with van der Waals surface area (Å²) < 4.78 is 13.1. The molecule has 0 radical (unpaired) electrons. The van der Waals surface area contributed by atoms with Crippen LogP contribution in [0.3, 0.4) is 0 Å². The Balaban J connectivity index is 2.38. The monoisotopic (exact) mass is 195 g/mol. The van der Waals surface area contributed by atoms with Gasteiger partial charge in [-0.05, 0) is 32.4 Å². The van der Waals surface area contributed by atoms with Crippen LogP contribution in [-0.4, -0.2) is 11.7 Å². The Morgan fingerprint density at radius 2 is 2.29 bits per heavy atom. The van der Waals surface area contributed by atoms with Crippen LogP contribution in [0, 0.1) is 12.7 Å². The van der Waals surface area contributed by atoms with Crippen LogP contribution in [-0.2, 0) is 0 Å². The van der Waals surface area contributed by atoms with E-state index in [4.69, 9.17) is 0 Å². The van der Waals surface area contributed by atoms with E-state index >= 15 is 0 Å². The zero-order valence-electron chi connectivity index (χ0n) is 8.18. The van der Waals surface area contributed by atoms with Crippen molar-refractivity contribution in [2.75, 3.05) is 6.54 Å². The van der Waals surface area contributed by atoms with Gasteiger partial charge in [0.15, 0.2) is 0 Å². The van der Waals surface area contributed by atoms with Gasteiger partial charge in [-0.2, -0.15) is 0 Å². The molecule has 1 unspecified atom stereocenters. The molecule has 0 aliphatic carbocycles. The van der Waals surface area contributed by atoms with Gasteiger partial charge < -0.3 is 10.4 Å². The van der Waals surface area contributed by atoms with E-state index in [1.54, 1.807) is 13.0 Å². The average Bonchev–Trinajstić information content (AvgIpc) is 2.67. The van der Waals surface area contributed by atoms with Crippen LogP contribution in [0.1, 0.15) is 30.0 Å². The van der Waals surface area contributed by atoms with Crippen molar-refractivity contribution < 1.29 is 9.50 Å². The maximum Gasteiger partial charge on any atom is 0.129 e. The molecule has 0 amide bonds. The Bertz CT molecular complexity index is 345. The van der Waals surface area contributed by atoms with Crippen LogP contribution in [0.5, 0.6) is 5.75 Å². The molecule has 1 fully saturated rings. The van der Waals surface area contributed by atoms with Gasteiger partial charge >= 0.3 is 0 Å². The summed E-state index contributed by atoms with van der Waals surface area (Å²) in [6.07, 6.45) is 2.12. The van der Waals surface area contributed by atoms with Gasteiger partial charge in [0.1, 0.15) is 11.6 Å². The van der Waals surface area contributed by atoms with Gasteiger partial charge in [0.25, 0.3) is 0 Å². The van der Waals surface area contributed by atoms with Gasteiger partial charge in [-0.1, -0.05) is 6.07 Å². The molecule has 1 aliphatic heterocycles. The van der Waals surface area contributed by atoms with Crippen molar-refractivity contribution in [1.29, 1.82) is 0 Å². The van der Waals surface area contributed by atoms with E-state index in [9.17, 15) is 9.50 Å². The topological polar surface area (TPSA) is 32.3 Å². The Kier molecular flexibility index (Phi) is 2.42. The zero-order chi connectivity index (χ0) is 10.1. The van der Waals surface area contributed by atoms with Crippen LogP contribution in [0.2, 0.25) is 0 Å². The minimum Gasteiger partial charge on any atom is -0.507 e. The number of rotatable bonds is 1. The number of benzene rings is 1. The van der Waals surface area contributed by atoms with E-state index in [-0.39, 0.29) is 17.6 Å². The molecule has 2 nitrogen and oxygen atoms in total. The lowest BCUT2D eigenvalue weighted by Crippen LogP contribution is -2.13. The van der Waals surface area contributed by atoms with Crippen molar-refractivity contribution in [3.8, 4) is 5.75 Å². The summed E-state index contributed by atoms with van der Waals surface area (Å²) in [6, 6.07) is 3.28. The maximum atomic E-state index is 13.1. The second kappa shape index (κ2) is 3.58. The second-order valence-corrected chi connectivity index (χ2v) is 3.76. The summed E-state index contributed by atoms with van der Waals surface area (Å²) >= 11 is 0. The van der Waals surface area contributed by atoms with Gasteiger partial charge in [0, 0.05) is 17.2 Å². The molecule has 2 rings (SSSR count). The Morgan fingerprint density at radius 1 is 1.50 bits per heavy atom. The summed E-state index contributed by atoms with van der Waals surface area (Å²) in [5.74, 6) is -0.242. The number of hydrogen-bond acceptors (Lipinski definition) is 2. The smallest absolute Gasteiger partial charge is 0.129 e. The van der Waals surface area contributed by atoms with E-state index in [0.717, 1.165) is 24.9 Å². The minimum atomic E-state index is -0.343. The lowest BCUT2D eigenvalue weighted by Gasteiger charge is -2.14. The number of phenolic OH excluding ortho intramolecular Hbond substituents is 1. The zero-order valence-corrected chi connectivity index (χ0v) is 8.18. The highest BCUT2D eigenvalue weighted by Gasteiger charge is 2.20. The molecule has 1 aromatic carbocycles. The quantitative estimate of drug-likeness (QED) is 0.720. The molecule has 3 heteroatoms. The van der Waals surface area contributed by atoms with Crippen LogP contribution in [0.15, 0.2) is 12.1 Å². The standard InChI is InChI=1S/C11H14FNO/c1-7-9(12)5-4-8(11(7)14)10-3-2-6-13-10/h4-5,10,13-14H,2-3,6H2,1H3. The molecule has 1 heterocycles. The van der Waals surface area contributed by atoms with Crippen molar-refractivity contribution in [3.63, 3.8) is 0 Å². The Morgan fingerprint density at radius 3 is 2.93 bits per heavy atom. The number of aromatic hydroxyl groups is 1. The maximum absolute atomic E-state index is 13.1. The normalized spacial score (nSPS) is 21.4. The van der Waals surface area contributed by atoms with Crippen LogP contribution < -0.4 is 5.32 Å². The van der Waals surface area contributed by atoms with E-state index in [1.807, 2.05) is 0 Å². The lowest BCUT2D eigenvalue weighted by molar-refractivity contribution is 0.445. The summed E-state index contributed by atoms with van der Waals surface area (Å²) in [4.78, 5) is 0. The highest BCUT2D eigenvalue weighted by Crippen LogP contribution is 2.33. The largest absolute Gasteiger partial charge is 0.507 e. The van der Waals surface area contributed by atoms with Gasteiger partial charge in [-0.25, -0.2) is 4.39 Å². The minimum absolute atomic E-state index is 0.101. The first-order valence-electron chi connectivity index (χ1n) is 4.91. The molecule has 1 aromatic rings. The van der Waals surface area contributed by atoms with E-state index < -0.39 is 0 Å². The highest BCUT2D eigenvalue weighted by molar-refractivity contribution is 5.42. The van der Waals surface area contributed by atoms with E-state index in [0.29, 0.717) is 5.56 Å². The fourth-order valence-electron chi connectivity index (χ4n) is 1.93. The number of nitrogens with one attached hydrogen (secondary N) is 1. The summed E-state index contributed by atoms with van der Waals surface area (Å²) in [5.41, 5.74) is 1.16. The second-order valence-electron chi connectivity index (χ2n) is 3.76. The first-order chi connectivity index (χ1) is 6.70. The third-order valence-corrected chi connectivity index (χ3v) is 2.83. The van der Waals surface area contributed by atoms with Crippen LogP contribution >= 0.6 is 0 Å². The predicted octanol–water partition coefficient (Wildman–Crippen LogP) is 2.26. The van der Waals surface area contributed by atoms with Gasteiger partial charge in [-0.3, -0.25) is 0 Å². The van der Waals surface area contributed by atoms with Crippen LogP contribution in [0.4, 0.5) is 4.39 Å². The molecular formula is C11H14FNO. The highest BCUT2D eigenvalue weighted by atomic mass is 19.1. The van der Waals surface area contributed by atoms with Crippen LogP contribution in [0.25, 0.3) is 0 Å². The SMILES string of the molecule is Cc1c(F)ccc(C2CCCN2)c1O. The van der Waals surface area contributed by atoms with Crippen molar-refractivity contribution in [2.24, 2.45) is 0 Å². The first-order valence-corrected chi connectivity index (χ1v) is 4.91. The van der Waals surface area contributed by atoms with Gasteiger partial charge in [-0.15, -0.1) is 0 Å². The number of halogens is 1. The molecule has 1 saturated heterocycles. The summed E-state index contributed by atoms with van der Waals surface area (Å²) in [6.45, 7) is 2.57. The Hall–Kier alpha value is -1.09. The van der Waals surface area contributed by atoms with Crippen molar-refractivity contribution in [1.82, 2.24) is 5.32 Å². The van der Waals surface area contributed by atoms with Gasteiger partial charge in [0.05, 0.1) is 0 Å².